The van der Waals surface area contributed by atoms with Gasteiger partial charge in [0.15, 0.2) is 0 Å². The molecule has 0 bridgehead atoms. The van der Waals surface area contributed by atoms with Gasteiger partial charge in [-0.1, -0.05) is 0 Å². The topological polar surface area (TPSA) is 53.5 Å². The van der Waals surface area contributed by atoms with E-state index in [4.69, 9.17) is 0 Å². The number of pyridine rings is 1. The maximum Gasteiger partial charge on any atom is 0.256 e. The average molecular weight is 287 g/mol. The zero-order valence-corrected chi connectivity index (χ0v) is 12.6. The SMILES string of the molecule is Cc1ncccc1C(=O)N1CCCC12CCCN(C)C2=O. The summed E-state index contributed by atoms with van der Waals surface area (Å²) >= 11 is 0. The lowest BCUT2D eigenvalue weighted by Crippen LogP contribution is -2.60. The highest BCUT2D eigenvalue weighted by Gasteiger charge is 2.52. The van der Waals surface area contributed by atoms with Crippen LogP contribution in [0.3, 0.4) is 0 Å². The lowest BCUT2D eigenvalue weighted by atomic mass is 9.85. The molecule has 2 aliphatic heterocycles. The smallest absolute Gasteiger partial charge is 0.256 e. The highest BCUT2D eigenvalue weighted by atomic mass is 16.2. The molecule has 2 amide bonds. The molecule has 1 unspecified atom stereocenters. The monoisotopic (exact) mass is 287 g/mol. The van der Waals surface area contributed by atoms with Crippen molar-refractivity contribution in [2.75, 3.05) is 20.1 Å². The molecule has 2 aliphatic rings. The molecule has 3 heterocycles. The Morgan fingerprint density at radius 2 is 2.00 bits per heavy atom. The molecule has 1 aromatic heterocycles. The average Bonchev–Trinajstić information content (AvgIpc) is 2.89. The molecule has 2 saturated heterocycles. The minimum Gasteiger partial charge on any atom is -0.344 e. The van der Waals surface area contributed by atoms with Crippen molar-refractivity contribution in [3.63, 3.8) is 0 Å². The maximum atomic E-state index is 12.9. The maximum absolute atomic E-state index is 12.9. The number of aryl methyl sites for hydroxylation is 1. The number of likely N-dealkylation sites (tertiary alicyclic amines) is 2. The molecular formula is C16H21N3O2. The molecule has 0 aromatic carbocycles. The summed E-state index contributed by atoms with van der Waals surface area (Å²) in [4.78, 5) is 33.4. The van der Waals surface area contributed by atoms with Crippen molar-refractivity contribution in [2.24, 2.45) is 0 Å². The summed E-state index contributed by atoms with van der Waals surface area (Å²) in [6.45, 7) is 3.28. The fourth-order valence-corrected chi connectivity index (χ4v) is 3.68. The first-order valence-corrected chi connectivity index (χ1v) is 7.55. The van der Waals surface area contributed by atoms with Crippen molar-refractivity contribution < 1.29 is 9.59 Å². The number of nitrogens with zero attached hydrogens (tertiary/aromatic N) is 3. The summed E-state index contributed by atoms with van der Waals surface area (Å²) in [6, 6.07) is 3.57. The van der Waals surface area contributed by atoms with Crippen molar-refractivity contribution in [3.05, 3.63) is 29.6 Å². The second kappa shape index (κ2) is 5.13. The van der Waals surface area contributed by atoms with E-state index in [1.165, 1.54) is 0 Å². The standard InChI is InChI=1S/C16H21N3O2/c1-12-13(6-3-9-17-12)14(20)19-11-5-8-16(19)7-4-10-18(2)15(16)21/h3,6,9H,4-5,7-8,10-11H2,1-2H3. The summed E-state index contributed by atoms with van der Waals surface area (Å²) in [7, 11) is 1.83. The van der Waals surface area contributed by atoms with E-state index in [2.05, 4.69) is 4.98 Å². The first kappa shape index (κ1) is 14.0. The fraction of sp³-hybridized carbons (Fsp3) is 0.562. The molecule has 0 radical (unpaired) electrons. The van der Waals surface area contributed by atoms with Crippen LogP contribution in [-0.2, 0) is 4.79 Å². The predicted octanol–water partition coefficient (Wildman–Crippen LogP) is 1.62. The number of piperidine rings is 1. The molecule has 2 fully saturated rings. The molecule has 5 nitrogen and oxygen atoms in total. The molecule has 0 saturated carbocycles. The number of carbonyl (C=O) groups excluding carboxylic acids is 2. The predicted molar refractivity (Wildman–Crippen MR) is 78.8 cm³/mol. The van der Waals surface area contributed by atoms with Gasteiger partial charge in [0.2, 0.25) is 5.91 Å². The zero-order chi connectivity index (χ0) is 15.0. The summed E-state index contributed by atoms with van der Waals surface area (Å²) < 4.78 is 0. The minimum absolute atomic E-state index is 0.0539. The second-order valence-electron chi connectivity index (χ2n) is 6.06. The normalized spacial score (nSPS) is 25.7. The van der Waals surface area contributed by atoms with Gasteiger partial charge in [0, 0.05) is 32.0 Å². The van der Waals surface area contributed by atoms with E-state index in [0.717, 1.165) is 37.9 Å². The van der Waals surface area contributed by atoms with E-state index in [9.17, 15) is 9.59 Å². The van der Waals surface area contributed by atoms with Crippen molar-refractivity contribution in [2.45, 2.75) is 38.1 Å². The van der Waals surface area contributed by atoms with E-state index in [1.807, 2.05) is 14.0 Å². The molecule has 21 heavy (non-hydrogen) atoms. The number of hydrogen-bond donors (Lipinski definition) is 0. The molecule has 1 aromatic rings. The Morgan fingerprint density at radius 1 is 1.29 bits per heavy atom. The molecule has 0 aliphatic carbocycles. The van der Waals surface area contributed by atoms with Crippen molar-refractivity contribution >= 4 is 11.8 Å². The van der Waals surface area contributed by atoms with Crippen molar-refractivity contribution in [3.8, 4) is 0 Å². The van der Waals surface area contributed by atoms with Crippen LogP contribution < -0.4 is 0 Å². The molecule has 1 atom stereocenters. The van der Waals surface area contributed by atoms with Crippen molar-refractivity contribution in [1.29, 1.82) is 0 Å². The van der Waals surface area contributed by atoms with Gasteiger partial charge in [0.05, 0.1) is 5.56 Å². The minimum atomic E-state index is -0.619. The molecule has 1 spiro atoms. The van der Waals surface area contributed by atoms with Crippen LogP contribution in [0.4, 0.5) is 0 Å². The number of rotatable bonds is 1. The van der Waals surface area contributed by atoms with Gasteiger partial charge < -0.3 is 9.80 Å². The van der Waals surface area contributed by atoms with Crippen LogP contribution in [0.25, 0.3) is 0 Å². The van der Waals surface area contributed by atoms with Gasteiger partial charge in [-0.3, -0.25) is 14.6 Å². The molecular weight excluding hydrogens is 266 g/mol. The van der Waals surface area contributed by atoms with Gasteiger partial charge in [-0.15, -0.1) is 0 Å². The van der Waals surface area contributed by atoms with Gasteiger partial charge in [0.25, 0.3) is 5.91 Å². The van der Waals surface area contributed by atoms with E-state index >= 15 is 0 Å². The third-order valence-corrected chi connectivity index (χ3v) is 4.80. The third kappa shape index (κ3) is 2.11. The summed E-state index contributed by atoms with van der Waals surface area (Å²) in [5.41, 5.74) is 0.716. The number of hydrogen-bond acceptors (Lipinski definition) is 3. The van der Waals surface area contributed by atoms with Crippen LogP contribution in [0.2, 0.25) is 0 Å². The van der Waals surface area contributed by atoms with Gasteiger partial charge in [-0.05, 0) is 44.7 Å². The largest absolute Gasteiger partial charge is 0.344 e. The second-order valence-corrected chi connectivity index (χ2v) is 6.06. The fourth-order valence-electron chi connectivity index (χ4n) is 3.68. The Labute approximate surface area is 124 Å². The zero-order valence-electron chi connectivity index (χ0n) is 12.6. The lowest BCUT2D eigenvalue weighted by molar-refractivity contribution is -0.144. The van der Waals surface area contributed by atoms with E-state index in [-0.39, 0.29) is 11.8 Å². The lowest BCUT2D eigenvalue weighted by Gasteiger charge is -2.43. The highest BCUT2D eigenvalue weighted by molar-refractivity contribution is 6.00. The number of carbonyl (C=O) groups is 2. The summed E-state index contributed by atoms with van der Waals surface area (Å²) in [5.74, 6) is 0.0443. The van der Waals surface area contributed by atoms with E-state index < -0.39 is 5.54 Å². The molecule has 3 rings (SSSR count). The van der Waals surface area contributed by atoms with Crippen LogP contribution in [-0.4, -0.2) is 52.3 Å². The molecule has 112 valence electrons. The number of amides is 2. The first-order chi connectivity index (χ1) is 10.1. The van der Waals surface area contributed by atoms with Crippen LogP contribution in [0.1, 0.15) is 41.7 Å². The van der Waals surface area contributed by atoms with Crippen LogP contribution >= 0.6 is 0 Å². The Hall–Kier alpha value is -1.91. The highest BCUT2D eigenvalue weighted by Crippen LogP contribution is 2.38. The Kier molecular flexibility index (Phi) is 3.43. The van der Waals surface area contributed by atoms with Gasteiger partial charge in [-0.25, -0.2) is 0 Å². The first-order valence-electron chi connectivity index (χ1n) is 7.55. The quantitative estimate of drug-likeness (QED) is 0.788. The van der Waals surface area contributed by atoms with Crippen LogP contribution in [0.5, 0.6) is 0 Å². The van der Waals surface area contributed by atoms with Gasteiger partial charge in [0.1, 0.15) is 5.54 Å². The van der Waals surface area contributed by atoms with E-state index in [0.29, 0.717) is 12.1 Å². The summed E-state index contributed by atoms with van der Waals surface area (Å²) in [6.07, 6.45) is 5.09. The van der Waals surface area contributed by atoms with Gasteiger partial charge in [-0.2, -0.15) is 0 Å². The van der Waals surface area contributed by atoms with E-state index in [1.54, 1.807) is 28.1 Å². The molecule has 0 N–H and O–H groups in total. The Balaban J connectivity index is 1.96. The molecule has 5 heteroatoms. The van der Waals surface area contributed by atoms with Crippen LogP contribution in [0, 0.1) is 6.92 Å². The van der Waals surface area contributed by atoms with Crippen LogP contribution in [0.15, 0.2) is 18.3 Å². The number of likely N-dealkylation sites (N-methyl/N-ethyl adjacent to an activating group) is 1. The Bertz CT molecular complexity index is 587. The number of aromatic nitrogens is 1. The van der Waals surface area contributed by atoms with Gasteiger partial charge >= 0.3 is 0 Å². The summed E-state index contributed by atoms with van der Waals surface area (Å²) in [5, 5.41) is 0. The Morgan fingerprint density at radius 3 is 2.71 bits per heavy atom. The third-order valence-electron chi connectivity index (χ3n) is 4.80. The van der Waals surface area contributed by atoms with Crippen molar-refractivity contribution in [1.82, 2.24) is 14.8 Å².